The highest BCUT2D eigenvalue weighted by atomic mass is 16.7. The molecule has 3 heterocycles. The first-order chi connectivity index (χ1) is 30.8. The molecule has 4 aliphatic carbocycles. The normalized spacial score (nSPS) is 52.4. The van der Waals surface area contributed by atoms with Crippen molar-refractivity contribution in [3.05, 3.63) is 11.6 Å². The molecule has 0 amide bonds. The third-order valence-corrected chi connectivity index (χ3v) is 18.8. The highest BCUT2D eigenvalue weighted by Gasteiger charge is 2.72. The van der Waals surface area contributed by atoms with Gasteiger partial charge in [0.15, 0.2) is 18.9 Å². The Balaban J connectivity index is 1.11. The molecule has 12 N–H and O–H groups in total. The second-order valence-electron chi connectivity index (χ2n) is 22.9. The van der Waals surface area contributed by atoms with Crippen molar-refractivity contribution in [2.75, 3.05) is 19.8 Å². The highest BCUT2D eigenvalue weighted by Crippen LogP contribution is 2.76. The number of aliphatic hydroxyl groups excluding tert-OH is 12. The molecule has 3 saturated heterocycles. The van der Waals surface area contributed by atoms with Crippen LogP contribution in [0.15, 0.2) is 11.6 Å². The summed E-state index contributed by atoms with van der Waals surface area (Å²) < 4.78 is 36.6. The van der Waals surface area contributed by atoms with Crippen LogP contribution in [-0.4, -0.2) is 191 Å². The molecule has 382 valence electrons. The maximum absolute atomic E-state index is 12.7. The Hall–Kier alpha value is -0.980. The summed E-state index contributed by atoms with van der Waals surface area (Å²) in [4.78, 5) is 0. The van der Waals surface area contributed by atoms with Crippen LogP contribution in [0.3, 0.4) is 0 Å². The van der Waals surface area contributed by atoms with Gasteiger partial charge in [0.25, 0.3) is 0 Å². The van der Waals surface area contributed by atoms with Gasteiger partial charge in [-0.05, 0) is 124 Å². The molecule has 7 rings (SSSR count). The fourth-order valence-corrected chi connectivity index (χ4v) is 14.8. The Morgan fingerprint density at radius 3 is 1.74 bits per heavy atom. The minimum Gasteiger partial charge on any atom is -0.394 e. The molecule has 0 radical (unpaired) electrons. The molecule has 7 aliphatic rings. The molecule has 25 atom stereocenters. The average molecular weight is 947 g/mol. The summed E-state index contributed by atoms with van der Waals surface area (Å²) in [6, 6.07) is 0. The largest absolute Gasteiger partial charge is 0.394 e. The van der Waals surface area contributed by atoms with Crippen LogP contribution >= 0.6 is 0 Å². The topological polar surface area (TPSA) is 298 Å². The predicted molar refractivity (Wildman–Crippen MR) is 234 cm³/mol. The summed E-state index contributed by atoms with van der Waals surface area (Å²) in [6.45, 7) is 15.8. The van der Waals surface area contributed by atoms with E-state index in [1.807, 2.05) is 20.8 Å². The third-order valence-electron chi connectivity index (χ3n) is 18.8. The Bertz CT molecular complexity index is 1680. The Morgan fingerprint density at radius 2 is 1.15 bits per heavy atom. The lowest BCUT2D eigenvalue weighted by molar-refractivity contribution is -0.350. The van der Waals surface area contributed by atoms with Gasteiger partial charge in [0.1, 0.15) is 73.2 Å². The molecule has 4 saturated carbocycles. The van der Waals surface area contributed by atoms with Crippen molar-refractivity contribution in [2.45, 2.75) is 223 Å². The second kappa shape index (κ2) is 19.6. The van der Waals surface area contributed by atoms with Gasteiger partial charge in [0.2, 0.25) is 0 Å². The van der Waals surface area contributed by atoms with Gasteiger partial charge in [0.05, 0.1) is 37.6 Å². The first-order valence-electron chi connectivity index (χ1n) is 24.4. The van der Waals surface area contributed by atoms with E-state index < -0.39 is 129 Å². The van der Waals surface area contributed by atoms with Crippen LogP contribution in [-0.2, 0) is 28.4 Å². The van der Waals surface area contributed by atoms with Crippen LogP contribution in [0.1, 0.15) is 113 Å². The quantitative estimate of drug-likeness (QED) is 0.0853. The van der Waals surface area contributed by atoms with Crippen molar-refractivity contribution in [3.8, 4) is 0 Å². The van der Waals surface area contributed by atoms with Crippen molar-refractivity contribution >= 4 is 0 Å². The second-order valence-corrected chi connectivity index (χ2v) is 22.9. The van der Waals surface area contributed by atoms with E-state index >= 15 is 0 Å². The van der Waals surface area contributed by atoms with Gasteiger partial charge in [0, 0.05) is 0 Å². The van der Waals surface area contributed by atoms with Crippen molar-refractivity contribution in [2.24, 2.45) is 45.3 Å². The summed E-state index contributed by atoms with van der Waals surface area (Å²) >= 11 is 0. The van der Waals surface area contributed by atoms with Crippen molar-refractivity contribution < 1.29 is 89.7 Å². The van der Waals surface area contributed by atoms with Crippen LogP contribution in [0, 0.1) is 45.3 Å². The molecule has 66 heavy (non-hydrogen) atoms. The van der Waals surface area contributed by atoms with E-state index in [0.717, 1.165) is 31.3 Å². The molecule has 7 fully saturated rings. The van der Waals surface area contributed by atoms with Crippen molar-refractivity contribution in [1.29, 1.82) is 0 Å². The lowest BCUT2D eigenvalue weighted by atomic mass is 9.35. The van der Waals surface area contributed by atoms with Gasteiger partial charge < -0.3 is 89.7 Å². The van der Waals surface area contributed by atoms with E-state index in [4.69, 9.17) is 28.4 Å². The molecule has 0 unspecified atom stereocenters. The fraction of sp³-hybridized carbons (Fsp3) is 0.958. The highest BCUT2D eigenvalue weighted by molar-refractivity contribution is 5.20. The van der Waals surface area contributed by atoms with Crippen molar-refractivity contribution in [3.63, 3.8) is 0 Å². The molecule has 0 aromatic heterocycles. The predicted octanol–water partition coefficient (Wildman–Crippen LogP) is -0.0268. The number of fused-ring (bicyclic) bond motifs is 5. The fourth-order valence-electron chi connectivity index (χ4n) is 14.8. The van der Waals surface area contributed by atoms with Crippen LogP contribution in [0.2, 0.25) is 0 Å². The zero-order valence-corrected chi connectivity index (χ0v) is 40.0. The van der Waals surface area contributed by atoms with Crippen LogP contribution in [0.5, 0.6) is 0 Å². The molecular formula is C48H82O18. The molecule has 3 aliphatic heterocycles. The summed E-state index contributed by atoms with van der Waals surface area (Å²) in [5.74, 6) is -0.128. The van der Waals surface area contributed by atoms with E-state index in [2.05, 4.69) is 40.7 Å². The SMILES string of the molecule is CC(C)=CCC[C@](C)(O[C@@H]1O[C@H](CO[C@@H]2O[C@H](CO)[C@@H](O)[C@H](O)[C@H]2O)[C@@H](O)[C@H](O)[C@H]1O)[C@H]1CC[C@]2(C)[C@@H]1[C@H](O)C[C@@H]1[C@@]3(C)CC[C@H](O[C@H]4O[C@H](CO)[C@@H](O)[C@H](O)[C@H]4O)C(C)(C)[C@@H]3CC[C@]12C. The summed E-state index contributed by atoms with van der Waals surface area (Å²) in [5, 5.41) is 129. The maximum Gasteiger partial charge on any atom is 0.187 e. The zero-order chi connectivity index (χ0) is 48.6. The smallest absolute Gasteiger partial charge is 0.187 e. The third kappa shape index (κ3) is 8.90. The van der Waals surface area contributed by atoms with Crippen molar-refractivity contribution in [1.82, 2.24) is 0 Å². The number of allylic oxidation sites excluding steroid dienone is 2. The lowest BCUT2D eigenvalue weighted by Gasteiger charge is -2.71. The van der Waals surface area contributed by atoms with Crippen LogP contribution < -0.4 is 0 Å². The minimum absolute atomic E-state index is 0.133. The zero-order valence-electron chi connectivity index (χ0n) is 40.0. The molecule has 0 spiro atoms. The monoisotopic (exact) mass is 947 g/mol. The number of hydrogen-bond donors (Lipinski definition) is 12. The molecule has 0 aromatic rings. The van der Waals surface area contributed by atoms with E-state index in [1.54, 1.807) is 0 Å². The maximum atomic E-state index is 12.7. The van der Waals surface area contributed by atoms with Gasteiger partial charge in [-0.1, -0.05) is 46.3 Å². The minimum atomic E-state index is -1.72. The van der Waals surface area contributed by atoms with Gasteiger partial charge in [-0.25, -0.2) is 0 Å². The van der Waals surface area contributed by atoms with Crippen LogP contribution in [0.4, 0.5) is 0 Å². The first kappa shape index (κ1) is 52.8. The van der Waals surface area contributed by atoms with Gasteiger partial charge >= 0.3 is 0 Å². The number of hydrogen-bond acceptors (Lipinski definition) is 18. The number of aliphatic hydroxyl groups is 12. The number of ether oxygens (including phenoxy) is 6. The Kier molecular flexibility index (Phi) is 15.7. The summed E-state index contributed by atoms with van der Waals surface area (Å²) in [6.07, 6.45) is -14.9. The van der Waals surface area contributed by atoms with Crippen LogP contribution in [0.25, 0.3) is 0 Å². The first-order valence-corrected chi connectivity index (χ1v) is 24.4. The standard InChI is InChI=1S/C48H82O18/c1-22(2)10-9-14-48(8,66-43-40(60)37(57)34(54)27(64-43)21-61-41-38(58)35(55)32(52)25(19-49)62-41)23-11-16-47(7)31(23)24(51)18-29-45(5)15-13-30(44(3,4)28(45)12-17-46(29,47)6)65-42-39(59)36(56)33(53)26(20-50)63-42/h10,23-43,49-60H,9,11-21H2,1-8H3/t23-,24+,25+,26+,27+,28-,29+,30-,31-,32+,33+,34+,35-,36-,37-,38+,39+,40+,41+,42+,43-,45-,46+,47+,48-/m0/s1. The van der Waals surface area contributed by atoms with Gasteiger partial charge in [-0.3, -0.25) is 0 Å². The lowest BCUT2D eigenvalue weighted by Crippen LogP contribution is -2.67. The molecule has 0 bridgehead atoms. The summed E-state index contributed by atoms with van der Waals surface area (Å²) in [7, 11) is 0. The molecule has 18 nitrogen and oxygen atoms in total. The van der Waals surface area contributed by atoms with E-state index in [0.29, 0.717) is 32.1 Å². The Labute approximate surface area is 388 Å². The number of rotatable bonds is 13. The molecular weight excluding hydrogens is 865 g/mol. The van der Waals surface area contributed by atoms with Gasteiger partial charge in [-0.2, -0.15) is 0 Å². The average Bonchev–Trinajstić information content (AvgIpc) is 3.65. The van der Waals surface area contributed by atoms with E-state index in [-0.39, 0.29) is 46.0 Å². The Morgan fingerprint density at radius 1 is 0.621 bits per heavy atom. The van der Waals surface area contributed by atoms with Gasteiger partial charge in [-0.15, -0.1) is 0 Å². The van der Waals surface area contributed by atoms with E-state index in [1.165, 1.54) is 0 Å². The summed E-state index contributed by atoms with van der Waals surface area (Å²) in [5.41, 5.74) is -1.06. The molecule has 18 heteroatoms. The van der Waals surface area contributed by atoms with E-state index in [9.17, 15) is 61.3 Å². The molecule has 0 aromatic carbocycles.